The minimum absolute atomic E-state index is 0.0418. The van der Waals surface area contributed by atoms with Crippen LogP contribution < -0.4 is 25.6 Å². The second kappa shape index (κ2) is 16.9. The van der Waals surface area contributed by atoms with Gasteiger partial charge in [0, 0.05) is 112 Å². The van der Waals surface area contributed by atoms with E-state index in [4.69, 9.17) is 9.72 Å². The molecule has 0 bridgehead atoms. The standard InChI is InChI=1S/C44H51N9O3/c1-30-39(29-47-43-41(30)46-18-26-56-43)32-8-9-33-28-48-44(50-40(33)27-32)49-34-11-14-36(15-12-34)51-19-16-37(17-20-51)53-23-21-52(22-24-53)35-6-3-5-31(10-13-35)38(7-4-25-54)42(55)45-2/h3,5,8-15,25,27-29,37-38,46H,4,6-7,16-24,26H2,1-2H3,(H,45,55)(H,48,49,50). The Morgan fingerprint density at radius 2 is 1.82 bits per heavy atom. The molecule has 1 atom stereocenters. The average molecular weight is 754 g/mol. The van der Waals surface area contributed by atoms with E-state index in [1.165, 1.54) is 11.4 Å². The molecule has 5 heterocycles. The quantitative estimate of drug-likeness (QED) is 0.151. The highest BCUT2D eigenvalue weighted by atomic mass is 16.5. The van der Waals surface area contributed by atoms with Gasteiger partial charge in [0.2, 0.25) is 17.7 Å². The number of aromatic nitrogens is 3. The lowest BCUT2D eigenvalue weighted by Crippen LogP contribution is -2.52. The number of piperidine rings is 1. The Bertz CT molecular complexity index is 2150. The molecule has 8 rings (SSSR count). The van der Waals surface area contributed by atoms with Gasteiger partial charge in [0.05, 0.1) is 11.4 Å². The molecule has 0 saturated carbocycles. The van der Waals surface area contributed by atoms with E-state index in [9.17, 15) is 9.59 Å². The van der Waals surface area contributed by atoms with Crippen molar-refractivity contribution in [3.8, 4) is 17.0 Å². The summed E-state index contributed by atoms with van der Waals surface area (Å²) in [6.07, 6.45) is 17.1. The summed E-state index contributed by atoms with van der Waals surface area (Å²) in [4.78, 5) is 45.2. The van der Waals surface area contributed by atoms with E-state index in [0.29, 0.717) is 37.3 Å². The highest BCUT2D eigenvalue weighted by Crippen LogP contribution is 2.36. The van der Waals surface area contributed by atoms with Crippen LogP contribution in [0.2, 0.25) is 0 Å². The van der Waals surface area contributed by atoms with Gasteiger partial charge in [-0.1, -0.05) is 30.4 Å². The van der Waals surface area contributed by atoms with E-state index < -0.39 is 0 Å². The minimum atomic E-state index is -0.308. The third-order valence-corrected chi connectivity index (χ3v) is 11.7. The zero-order valence-corrected chi connectivity index (χ0v) is 32.3. The number of hydrogen-bond donors (Lipinski definition) is 3. The van der Waals surface area contributed by atoms with Gasteiger partial charge in [-0.05, 0) is 79.3 Å². The number of pyridine rings is 1. The van der Waals surface area contributed by atoms with Crippen molar-refractivity contribution >= 4 is 46.1 Å². The molecule has 12 heteroatoms. The summed E-state index contributed by atoms with van der Waals surface area (Å²) in [6.45, 7) is 9.68. The number of ether oxygens (including phenoxy) is 1. The minimum Gasteiger partial charge on any atom is -0.474 e. The second-order valence-electron chi connectivity index (χ2n) is 15.0. The van der Waals surface area contributed by atoms with Crippen LogP contribution >= 0.6 is 0 Å². The van der Waals surface area contributed by atoms with Crippen LogP contribution in [-0.4, -0.2) is 102 Å². The summed E-state index contributed by atoms with van der Waals surface area (Å²) in [5, 5.41) is 10.6. The number of rotatable bonds is 11. The van der Waals surface area contributed by atoms with Crippen LogP contribution in [0.1, 0.15) is 37.7 Å². The number of allylic oxidation sites excluding steroid dienone is 4. The number of hydrogen-bond acceptors (Lipinski definition) is 11. The topological polar surface area (TPSA) is 128 Å². The molecule has 2 fully saturated rings. The first-order valence-electron chi connectivity index (χ1n) is 19.9. The van der Waals surface area contributed by atoms with E-state index in [1.807, 2.05) is 12.4 Å². The fourth-order valence-corrected chi connectivity index (χ4v) is 8.47. The predicted molar refractivity (Wildman–Crippen MR) is 222 cm³/mol. The maximum absolute atomic E-state index is 12.5. The van der Waals surface area contributed by atoms with Gasteiger partial charge in [-0.3, -0.25) is 9.69 Å². The van der Waals surface area contributed by atoms with E-state index >= 15 is 0 Å². The van der Waals surface area contributed by atoms with Crippen LogP contribution in [0, 0.1) is 12.8 Å². The molecular weight excluding hydrogens is 703 g/mol. The number of aldehydes is 1. The van der Waals surface area contributed by atoms with Gasteiger partial charge in [0.25, 0.3) is 0 Å². The van der Waals surface area contributed by atoms with Crippen molar-refractivity contribution in [2.75, 3.05) is 75.0 Å². The third-order valence-electron chi connectivity index (χ3n) is 11.7. The summed E-state index contributed by atoms with van der Waals surface area (Å²) in [7, 11) is 1.65. The number of nitrogens with zero attached hydrogens (tertiary/aromatic N) is 6. The van der Waals surface area contributed by atoms with Crippen molar-refractivity contribution in [2.24, 2.45) is 5.92 Å². The number of amides is 1. The highest BCUT2D eigenvalue weighted by molar-refractivity contribution is 5.87. The largest absolute Gasteiger partial charge is 0.474 e. The van der Waals surface area contributed by atoms with Gasteiger partial charge in [-0.2, -0.15) is 0 Å². The smallest absolute Gasteiger partial charge is 0.237 e. The maximum atomic E-state index is 12.5. The lowest BCUT2D eigenvalue weighted by molar-refractivity contribution is -0.123. The Morgan fingerprint density at radius 3 is 2.61 bits per heavy atom. The molecule has 2 saturated heterocycles. The average Bonchev–Trinajstić information content (AvgIpc) is 3.50. The van der Waals surface area contributed by atoms with Crippen molar-refractivity contribution in [3.63, 3.8) is 0 Å². The SMILES string of the molecule is CNC(=O)C(CCC=O)C1=CC=C(N2CCN(C3CCN(c4ccc(Nc5ncc6ccc(-c7cnc8c(c7C)NCCO8)cc6n5)cc4)CC3)CC2)CC=C1. The fourth-order valence-electron chi connectivity index (χ4n) is 8.47. The number of nitrogens with one attached hydrogen (secondary N) is 3. The zero-order chi connectivity index (χ0) is 38.4. The van der Waals surface area contributed by atoms with Crippen LogP contribution in [-0.2, 0) is 9.59 Å². The molecule has 1 aliphatic carbocycles. The fraction of sp³-hybridized carbons (Fsp3) is 0.386. The Balaban J connectivity index is 0.835. The zero-order valence-electron chi connectivity index (χ0n) is 32.3. The molecule has 1 unspecified atom stereocenters. The molecule has 0 spiro atoms. The molecule has 4 aromatic rings. The summed E-state index contributed by atoms with van der Waals surface area (Å²) in [5.74, 6) is 0.873. The number of piperazine rings is 1. The van der Waals surface area contributed by atoms with Crippen molar-refractivity contribution in [1.82, 2.24) is 30.1 Å². The number of anilines is 4. The van der Waals surface area contributed by atoms with Crippen molar-refractivity contribution in [1.29, 1.82) is 0 Å². The van der Waals surface area contributed by atoms with Crippen LogP contribution in [0.3, 0.4) is 0 Å². The summed E-state index contributed by atoms with van der Waals surface area (Å²) >= 11 is 0. The number of carbonyl (C=O) groups is 2. The molecule has 0 radical (unpaired) electrons. The second-order valence-corrected chi connectivity index (χ2v) is 15.0. The van der Waals surface area contributed by atoms with Gasteiger partial charge in [-0.15, -0.1) is 0 Å². The molecule has 2 aromatic heterocycles. The van der Waals surface area contributed by atoms with E-state index in [1.54, 1.807) is 7.05 Å². The van der Waals surface area contributed by atoms with Gasteiger partial charge >= 0.3 is 0 Å². The van der Waals surface area contributed by atoms with E-state index in [-0.39, 0.29) is 11.8 Å². The Morgan fingerprint density at radius 1 is 1.00 bits per heavy atom. The van der Waals surface area contributed by atoms with Crippen molar-refractivity contribution in [3.05, 3.63) is 96.0 Å². The van der Waals surface area contributed by atoms with Gasteiger partial charge in [0.1, 0.15) is 18.6 Å². The maximum Gasteiger partial charge on any atom is 0.237 e. The monoisotopic (exact) mass is 753 g/mol. The lowest BCUT2D eigenvalue weighted by atomic mass is 9.92. The molecule has 4 aliphatic rings. The Labute approximate surface area is 328 Å². The van der Waals surface area contributed by atoms with E-state index in [0.717, 1.165) is 116 Å². The van der Waals surface area contributed by atoms with Crippen molar-refractivity contribution < 1.29 is 14.3 Å². The number of benzene rings is 2. The number of carbonyl (C=O) groups excluding carboxylic acids is 2. The van der Waals surface area contributed by atoms with Crippen LogP contribution in [0.5, 0.6) is 5.88 Å². The molecular formula is C44H51N9O3. The third kappa shape index (κ3) is 8.11. The first-order valence-corrected chi connectivity index (χ1v) is 19.9. The molecule has 56 heavy (non-hydrogen) atoms. The van der Waals surface area contributed by atoms with E-state index in [2.05, 4.69) is 114 Å². The molecule has 2 aromatic carbocycles. The predicted octanol–water partition coefficient (Wildman–Crippen LogP) is 6.25. The molecule has 12 nitrogen and oxygen atoms in total. The normalized spacial score (nSPS) is 18.2. The van der Waals surface area contributed by atoms with Gasteiger partial charge in [0.15, 0.2) is 0 Å². The summed E-state index contributed by atoms with van der Waals surface area (Å²) in [5.41, 5.74) is 9.49. The van der Waals surface area contributed by atoms with Crippen LogP contribution in [0.15, 0.2) is 90.4 Å². The molecule has 1 amide bonds. The highest BCUT2D eigenvalue weighted by Gasteiger charge is 2.29. The lowest BCUT2D eigenvalue weighted by Gasteiger charge is -2.44. The molecule has 290 valence electrons. The first kappa shape index (κ1) is 37.2. The Kier molecular flexibility index (Phi) is 11.3. The summed E-state index contributed by atoms with van der Waals surface area (Å²) < 4.78 is 5.72. The molecule has 3 aliphatic heterocycles. The van der Waals surface area contributed by atoms with Gasteiger partial charge in [-0.25, -0.2) is 15.0 Å². The van der Waals surface area contributed by atoms with Crippen molar-refractivity contribution in [2.45, 2.75) is 45.1 Å². The van der Waals surface area contributed by atoms with Gasteiger partial charge < -0.3 is 35.3 Å². The first-order chi connectivity index (χ1) is 27.5. The van der Waals surface area contributed by atoms with Crippen LogP contribution in [0.25, 0.3) is 22.0 Å². The number of fused-ring (bicyclic) bond motifs is 2. The Hall–Kier alpha value is -5.75. The summed E-state index contributed by atoms with van der Waals surface area (Å²) in [6, 6.07) is 15.5. The molecule has 3 N–H and O–H groups in total. The van der Waals surface area contributed by atoms with Crippen LogP contribution in [0.4, 0.5) is 23.0 Å².